The van der Waals surface area contributed by atoms with Crippen LogP contribution in [0.2, 0.25) is 5.15 Å². The lowest BCUT2D eigenvalue weighted by Gasteiger charge is -2.29. The van der Waals surface area contributed by atoms with Crippen molar-refractivity contribution in [2.45, 2.75) is 51.4 Å². The van der Waals surface area contributed by atoms with Crippen LogP contribution in [0.4, 0.5) is 0 Å². The number of rotatable bonds is 3. The minimum absolute atomic E-state index is 0.137. The van der Waals surface area contributed by atoms with E-state index in [-0.39, 0.29) is 5.41 Å². The Labute approximate surface area is 118 Å². The molecule has 0 radical (unpaired) electrons. The van der Waals surface area contributed by atoms with Crippen molar-refractivity contribution in [2.24, 2.45) is 5.92 Å². The SMILES string of the molecule is CC(C)CC1(c2nnc3cncc(Cl)n23)CCCC1. The van der Waals surface area contributed by atoms with E-state index in [0.29, 0.717) is 11.1 Å². The molecule has 2 heterocycles. The van der Waals surface area contributed by atoms with Gasteiger partial charge in [-0.05, 0) is 25.2 Å². The third kappa shape index (κ3) is 2.12. The third-order valence-corrected chi connectivity index (χ3v) is 4.37. The van der Waals surface area contributed by atoms with Gasteiger partial charge in [0, 0.05) is 5.41 Å². The number of nitrogens with zero attached hydrogens (tertiary/aromatic N) is 4. The van der Waals surface area contributed by atoms with Crippen molar-refractivity contribution in [2.75, 3.05) is 0 Å². The standard InChI is InChI=1S/C14H19ClN4/c1-10(2)7-14(5-3-4-6-14)13-18-17-12-9-16-8-11(15)19(12)13/h8-10H,3-7H2,1-2H3. The molecule has 1 fully saturated rings. The van der Waals surface area contributed by atoms with Crippen molar-refractivity contribution < 1.29 is 0 Å². The molecular weight excluding hydrogens is 260 g/mol. The highest BCUT2D eigenvalue weighted by atomic mass is 35.5. The van der Waals surface area contributed by atoms with Gasteiger partial charge in [0.05, 0.1) is 12.4 Å². The molecule has 5 heteroatoms. The smallest absolute Gasteiger partial charge is 0.180 e. The zero-order valence-corrected chi connectivity index (χ0v) is 12.2. The van der Waals surface area contributed by atoms with Gasteiger partial charge < -0.3 is 0 Å². The first-order valence-corrected chi connectivity index (χ1v) is 7.35. The second kappa shape index (κ2) is 4.75. The fourth-order valence-electron chi connectivity index (χ4n) is 3.51. The fourth-order valence-corrected chi connectivity index (χ4v) is 3.73. The molecule has 0 amide bonds. The Morgan fingerprint density at radius 2 is 2.00 bits per heavy atom. The van der Waals surface area contributed by atoms with Gasteiger partial charge >= 0.3 is 0 Å². The van der Waals surface area contributed by atoms with Crippen LogP contribution >= 0.6 is 11.6 Å². The van der Waals surface area contributed by atoms with E-state index in [0.717, 1.165) is 17.9 Å². The lowest BCUT2D eigenvalue weighted by atomic mass is 9.78. The molecule has 2 aromatic heterocycles. The van der Waals surface area contributed by atoms with Crippen molar-refractivity contribution in [3.63, 3.8) is 0 Å². The maximum atomic E-state index is 6.30. The summed E-state index contributed by atoms with van der Waals surface area (Å²) in [6, 6.07) is 0. The Morgan fingerprint density at radius 1 is 1.26 bits per heavy atom. The molecule has 0 atom stereocenters. The molecular formula is C14H19ClN4. The molecule has 2 aromatic rings. The zero-order chi connectivity index (χ0) is 13.5. The quantitative estimate of drug-likeness (QED) is 0.861. The summed E-state index contributed by atoms with van der Waals surface area (Å²) in [5.74, 6) is 1.67. The molecule has 102 valence electrons. The summed E-state index contributed by atoms with van der Waals surface area (Å²) in [6.07, 6.45) is 9.44. The van der Waals surface area contributed by atoms with Crippen LogP contribution in [0.3, 0.4) is 0 Å². The van der Waals surface area contributed by atoms with Crippen LogP contribution in [0.5, 0.6) is 0 Å². The van der Waals surface area contributed by atoms with Crippen molar-refractivity contribution in [1.82, 2.24) is 19.6 Å². The molecule has 0 spiro atoms. The lowest BCUT2D eigenvalue weighted by Crippen LogP contribution is -2.27. The summed E-state index contributed by atoms with van der Waals surface area (Å²) in [4.78, 5) is 4.08. The molecule has 0 aliphatic heterocycles. The first-order chi connectivity index (χ1) is 9.12. The Bertz CT molecular complexity index is 584. The Hall–Kier alpha value is -1.16. The molecule has 0 aromatic carbocycles. The Morgan fingerprint density at radius 3 is 2.68 bits per heavy atom. The van der Waals surface area contributed by atoms with Gasteiger partial charge in [-0.1, -0.05) is 38.3 Å². The minimum atomic E-state index is 0.137. The van der Waals surface area contributed by atoms with Crippen LogP contribution in [0, 0.1) is 5.92 Å². The highest BCUT2D eigenvalue weighted by Crippen LogP contribution is 2.45. The zero-order valence-electron chi connectivity index (χ0n) is 11.4. The van der Waals surface area contributed by atoms with Crippen LogP contribution in [-0.4, -0.2) is 19.6 Å². The molecule has 4 nitrogen and oxygen atoms in total. The number of aromatic nitrogens is 4. The highest BCUT2D eigenvalue weighted by molar-refractivity contribution is 6.29. The molecule has 3 rings (SSSR count). The van der Waals surface area contributed by atoms with Crippen LogP contribution in [0.25, 0.3) is 5.65 Å². The molecule has 0 N–H and O–H groups in total. The molecule has 0 saturated heterocycles. The summed E-state index contributed by atoms with van der Waals surface area (Å²) in [5, 5.41) is 9.30. The maximum Gasteiger partial charge on any atom is 0.180 e. The summed E-state index contributed by atoms with van der Waals surface area (Å²) >= 11 is 6.30. The van der Waals surface area contributed by atoms with Crippen LogP contribution in [0.15, 0.2) is 12.4 Å². The van der Waals surface area contributed by atoms with Gasteiger partial charge in [-0.15, -0.1) is 10.2 Å². The summed E-state index contributed by atoms with van der Waals surface area (Å²) in [6.45, 7) is 4.54. The summed E-state index contributed by atoms with van der Waals surface area (Å²) in [5.41, 5.74) is 0.885. The van der Waals surface area contributed by atoms with Gasteiger partial charge in [0.2, 0.25) is 0 Å². The van der Waals surface area contributed by atoms with Crippen LogP contribution in [-0.2, 0) is 5.41 Å². The molecule has 0 bridgehead atoms. The fraction of sp³-hybridized carbons (Fsp3) is 0.643. The minimum Gasteiger partial charge on any atom is -0.266 e. The van der Waals surface area contributed by atoms with Crippen LogP contribution < -0.4 is 0 Å². The number of hydrogen-bond acceptors (Lipinski definition) is 3. The molecule has 1 saturated carbocycles. The second-order valence-corrected chi connectivity index (χ2v) is 6.42. The Balaban J connectivity index is 2.15. The average molecular weight is 279 g/mol. The molecule has 1 aliphatic carbocycles. The van der Waals surface area contributed by atoms with E-state index in [1.54, 1.807) is 12.4 Å². The molecule has 1 aliphatic rings. The van der Waals surface area contributed by atoms with Gasteiger partial charge in [-0.3, -0.25) is 9.38 Å². The van der Waals surface area contributed by atoms with Crippen molar-refractivity contribution in [1.29, 1.82) is 0 Å². The van der Waals surface area contributed by atoms with Crippen molar-refractivity contribution >= 4 is 17.2 Å². The predicted molar refractivity (Wildman–Crippen MR) is 75.4 cm³/mol. The lowest BCUT2D eigenvalue weighted by molar-refractivity contribution is 0.326. The van der Waals surface area contributed by atoms with Crippen molar-refractivity contribution in [3.05, 3.63) is 23.4 Å². The predicted octanol–water partition coefficient (Wildman–Crippen LogP) is 3.64. The van der Waals surface area contributed by atoms with E-state index < -0.39 is 0 Å². The van der Waals surface area contributed by atoms with Gasteiger partial charge in [0.25, 0.3) is 0 Å². The van der Waals surface area contributed by atoms with E-state index in [4.69, 9.17) is 11.6 Å². The Kier molecular flexibility index (Phi) is 3.21. The number of hydrogen-bond donors (Lipinski definition) is 0. The van der Waals surface area contributed by atoms with E-state index in [1.165, 1.54) is 25.7 Å². The third-order valence-electron chi connectivity index (χ3n) is 4.11. The van der Waals surface area contributed by atoms with Gasteiger partial charge in [-0.2, -0.15) is 0 Å². The largest absolute Gasteiger partial charge is 0.266 e. The van der Waals surface area contributed by atoms with Crippen molar-refractivity contribution in [3.8, 4) is 0 Å². The van der Waals surface area contributed by atoms with Gasteiger partial charge in [0.15, 0.2) is 5.65 Å². The highest BCUT2D eigenvalue weighted by Gasteiger charge is 2.40. The number of fused-ring (bicyclic) bond motifs is 1. The average Bonchev–Trinajstić information content (AvgIpc) is 2.95. The summed E-state index contributed by atoms with van der Waals surface area (Å²) < 4.78 is 1.97. The van der Waals surface area contributed by atoms with Crippen LogP contribution in [0.1, 0.15) is 51.8 Å². The monoisotopic (exact) mass is 278 g/mol. The van der Waals surface area contributed by atoms with E-state index in [2.05, 4.69) is 29.0 Å². The van der Waals surface area contributed by atoms with E-state index >= 15 is 0 Å². The number of halogens is 1. The van der Waals surface area contributed by atoms with Gasteiger partial charge in [0.1, 0.15) is 11.0 Å². The second-order valence-electron chi connectivity index (χ2n) is 6.03. The molecule has 19 heavy (non-hydrogen) atoms. The maximum absolute atomic E-state index is 6.30. The first kappa shape index (κ1) is 12.9. The first-order valence-electron chi connectivity index (χ1n) is 6.97. The normalized spacial score (nSPS) is 18.5. The molecule has 0 unspecified atom stereocenters. The summed E-state index contributed by atoms with van der Waals surface area (Å²) in [7, 11) is 0. The van der Waals surface area contributed by atoms with Gasteiger partial charge in [-0.25, -0.2) is 0 Å². The topological polar surface area (TPSA) is 43.1 Å². The van der Waals surface area contributed by atoms with E-state index in [1.807, 2.05) is 4.40 Å². The van der Waals surface area contributed by atoms with E-state index in [9.17, 15) is 0 Å².